The molecule has 0 aromatic heterocycles. The van der Waals surface area contributed by atoms with Gasteiger partial charge in [0.2, 0.25) is 0 Å². The molecular weight excluding hydrogens is 264 g/mol. The van der Waals surface area contributed by atoms with E-state index in [-0.39, 0.29) is 12.6 Å². The Morgan fingerprint density at radius 3 is 2.71 bits per heavy atom. The average molecular weight is 278 g/mol. The second kappa shape index (κ2) is 5.71. The van der Waals surface area contributed by atoms with E-state index in [9.17, 15) is 4.79 Å². The van der Waals surface area contributed by atoms with E-state index in [1.807, 2.05) is 48.5 Å². The summed E-state index contributed by atoms with van der Waals surface area (Å²) in [4.78, 5) is 12.0. The van der Waals surface area contributed by atoms with Crippen LogP contribution in [0.1, 0.15) is 11.1 Å². The zero-order valence-corrected chi connectivity index (χ0v) is 11.5. The Labute approximate surface area is 122 Å². The second-order valence-electron chi connectivity index (χ2n) is 4.86. The Balaban J connectivity index is 1.58. The van der Waals surface area contributed by atoms with E-state index >= 15 is 0 Å². The maximum Gasteiger partial charge on any atom is 0.334 e. The summed E-state index contributed by atoms with van der Waals surface area (Å²) in [5, 5.41) is 8.01. The molecule has 0 saturated carbocycles. The molecule has 0 atom stereocenters. The van der Waals surface area contributed by atoms with Gasteiger partial charge in [-0.2, -0.15) is 10.2 Å². The van der Waals surface area contributed by atoms with Crippen LogP contribution in [-0.4, -0.2) is 5.97 Å². The highest BCUT2D eigenvalue weighted by Gasteiger charge is 2.14. The first-order chi connectivity index (χ1) is 10.2. The molecular formula is C17H14N2O2. The molecule has 0 amide bonds. The van der Waals surface area contributed by atoms with Crippen LogP contribution in [0.2, 0.25) is 0 Å². The predicted octanol–water partition coefficient (Wildman–Crippen LogP) is 4.26. The van der Waals surface area contributed by atoms with Crippen LogP contribution in [0, 0.1) is 0 Å². The molecule has 2 bridgehead atoms. The number of hydrogen-bond donors (Lipinski definition) is 0. The molecule has 0 radical (unpaired) electrons. The summed E-state index contributed by atoms with van der Waals surface area (Å²) in [5.74, 6) is -0.384. The summed E-state index contributed by atoms with van der Waals surface area (Å²) in [5.41, 5.74) is 3.93. The van der Waals surface area contributed by atoms with Crippen LogP contribution in [0.25, 0.3) is 0 Å². The first kappa shape index (κ1) is 13.2. The van der Waals surface area contributed by atoms with Crippen molar-refractivity contribution in [3.8, 4) is 0 Å². The Hall–Kier alpha value is -2.75. The fourth-order valence-corrected chi connectivity index (χ4v) is 2.10. The topological polar surface area (TPSA) is 51.0 Å². The lowest BCUT2D eigenvalue weighted by Gasteiger charge is -2.08. The van der Waals surface area contributed by atoms with Crippen molar-refractivity contribution < 1.29 is 9.53 Å². The first-order valence-electron chi connectivity index (χ1n) is 6.66. The molecule has 2 aromatic carbocycles. The zero-order chi connectivity index (χ0) is 14.7. The van der Waals surface area contributed by atoms with Gasteiger partial charge < -0.3 is 4.74 Å². The molecule has 0 N–H and O–H groups in total. The van der Waals surface area contributed by atoms with Gasteiger partial charge in [-0.1, -0.05) is 43.0 Å². The number of nitrogens with zero attached hydrogens (tertiary/aromatic N) is 2. The van der Waals surface area contributed by atoms with Crippen molar-refractivity contribution in [3.05, 3.63) is 71.8 Å². The van der Waals surface area contributed by atoms with E-state index in [1.165, 1.54) is 0 Å². The van der Waals surface area contributed by atoms with Crippen LogP contribution in [0.3, 0.4) is 0 Å². The van der Waals surface area contributed by atoms with Gasteiger partial charge in [0.1, 0.15) is 6.61 Å². The molecule has 3 rings (SSSR count). The van der Waals surface area contributed by atoms with Crippen LogP contribution in [-0.2, 0) is 22.6 Å². The van der Waals surface area contributed by atoms with Crippen LogP contribution in [0.5, 0.6) is 0 Å². The standard InChI is InChI=1S/C17H14N2O2/c1-12(9-14-7-8-15-10-16(14)19-18-15)17(20)21-11-13-5-3-2-4-6-13/h2-8,10H,1,9,11H2. The van der Waals surface area contributed by atoms with Crippen molar-refractivity contribution in [1.29, 1.82) is 0 Å². The average Bonchev–Trinajstić information content (AvgIpc) is 2.91. The number of ether oxygens (including phenoxy) is 1. The monoisotopic (exact) mass is 278 g/mol. The van der Waals surface area contributed by atoms with Crippen LogP contribution in [0.4, 0.5) is 11.4 Å². The number of fused-ring (bicyclic) bond motifs is 2. The summed E-state index contributed by atoms with van der Waals surface area (Å²) in [6, 6.07) is 15.2. The molecule has 21 heavy (non-hydrogen) atoms. The van der Waals surface area contributed by atoms with E-state index in [4.69, 9.17) is 4.74 Å². The summed E-state index contributed by atoms with van der Waals surface area (Å²) >= 11 is 0. The lowest BCUT2D eigenvalue weighted by molar-refractivity contribution is -0.140. The molecule has 0 unspecified atom stereocenters. The van der Waals surface area contributed by atoms with Gasteiger partial charge in [0.15, 0.2) is 0 Å². The summed E-state index contributed by atoms with van der Waals surface area (Å²) in [6.45, 7) is 4.06. The predicted molar refractivity (Wildman–Crippen MR) is 79.7 cm³/mol. The van der Waals surface area contributed by atoms with Gasteiger partial charge in [-0.15, -0.1) is 0 Å². The minimum atomic E-state index is -0.384. The third-order valence-electron chi connectivity index (χ3n) is 3.25. The maximum absolute atomic E-state index is 12.0. The summed E-state index contributed by atoms with van der Waals surface area (Å²) in [6.07, 6.45) is 0.419. The van der Waals surface area contributed by atoms with Crippen LogP contribution >= 0.6 is 0 Å². The van der Waals surface area contributed by atoms with Crippen molar-refractivity contribution in [1.82, 2.24) is 0 Å². The third kappa shape index (κ3) is 3.05. The first-order valence-corrected chi connectivity index (χ1v) is 6.66. The molecule has 1 aliphatic rings. The normalized spacial score (nSPS) is 11.4. The van der Waals surface area contributed by atoms with Gasteiger partial charge in [-0.25, -0.2) is 4.79 Å². The van der Waals surface area contributed by atoms with E-state index in [0.717, 1.165) is 22.5 Å². The quantitative estimate of drug-likeness (QED) is 0.517. The molecule has 104 valence electrons. The van der Waals surface area contributed by atoms with E-state index < -0.39 is 0 Å². The van der Waals surface area contributed by atoms with Crippen LogP contribution in [0.15, 0.2) is 70.9 Å². The van der Waals surface area contributed by atoms with E-state index in [0.29, 0.717) is 12.0 Å². The Morgan fingerprint density at radius 1 is 1.10 bits per heavy atom. The second-order valence-corrected chi connectivity index (χ2v) is 4.86. The lowest BCUT2D eigenvalue weighted by atomic mass is 10.0. The van der Waals surface area contributed by atoms with Crippen LogP contribution < -0.4 is 0 Å². The van der Waals surface area contributed by atoms with Crippen molar-refractivity contribution in [2.75, 3.05) is 0 Å². The van der Waals surface area contributed by atoms with Crippen molar-refractivity contribution >= 4 is 17.3 Å². The highest BCUT2D eigenvalue weighted by atomic mass is 16.5. The smallest absolute Gasteiger partial charge is 0.334 e. The fraction of sp³-hybridized carbons (Fsp3) is 0.118. The molecule has 0 aliphatic carbocycles. The molecule has 0 saturated heterocycles. The van der Waals surface area contributed by atoms with Gasteiger partial charge in [0.05, 0.1) is 11.4 Å². The number of azo groups is 1. The molecule has 1 aliphatic heterocycles. The number of carbonyl (C=O) groups is 1. The molecule has 4 nitrogen and oxygen atoms in total. The Bertz CT molecular complexity index is 721. The van der Waals surface area contributed by atoms with E-state index in [2.05, 4.69) is 16.8 Å². The molecule has 0 fully saturated rings. The minimum Gasteiger partial charge on any atom is -0.457 e. The lowest BCUT2D eigenvalue weighted by Crippen LogP contribution is -2.09. The Morgan fingerprint density at radius 2 is 1.90 bits per heavy atom. The molecule has 1 heterocycles. The van der Waals surface area contributed by atoms with Crippen molar-refractivity contribution in [2.24, 2.45) is 10.2 Å². The van der Waals surface area contributed by atoms with Gasteiger partial charge in [0, 0.05) is 12.0 Å². The van der Waals surface area contributed by atoms with Crippen molar-refractivity contribution in [3.63, 3.8) is 0 Å². The maximum atomic E-state index is 12.0. The molecule has 0 spiro atoms. The number of benzene rings is 2. The summed E-state index contributed by atoms with van der Waals surface area (Å²) in [7, 11) is 0. The number of esters is 1. The molecule has 4 heteroatoms. The van der Waals surface area contributed by atoms with Gasteiger partial charge in [0.25, 0.3) is 0 Å². The summed E-state index contributed by atoms with van der Waals surface area (Å²) < 4.78 is 5.26. The minimum absolute atomic E-state index is 0.254. The number of carbonyl (C=O) groups excluding carboxylic acids is 1. The third-order valence-corrected chi connectivity index (χ3v) is 3.25. The zero-order valence-electron chi connectivity index (χ0n) is 11.5. The fourth-order valence-electron chi connectivity index (χ4n) is 2.10. The van der Waals surface area contributed by atoms with Crippen molar-refractivity contribution in [2.45, 2.75) is 13.0 Å². The number of hydrogen-bond acceptors (Lipinski definition) is 4. The highest BCUT2D eigenvalue weighted by Crippen LogP contribution is 2.33. The van der Waals surface area contributed by atoms with Gasteiger partial charge in [-0.3, -0.25) is 0 Å². The van der Waals surface area contributed by atoms with Gasteiger partial charge in [-0.05, 0) is 23.3 Å². The largest absolute Gasteiger partial charge is 0.457 e. The number of rotatable bonds is 5. The highest BCUT2D eigenvalue weighted by molar-refractivity contribution is 5.88. The molecule has 2 aromatic rings. The SMILES string of the molecule is C=C(Cc1ccc2cc1N=N2)C(=O)OCc1ccccc1. The Kier molecular flexibility index (Phi) is 3.60. The van der Waals surface area contributed by atoms with E-state index in [1.54, 1.807) is 0 Å². The van der Waals surface area contributed by atoms with Gasteiger partial charge >= 0.3 is 5.97 Å².